The van der Waals surface area contributed by atoms with E-state index in [2.05, 4.69) is 15.3 Å². The van der Waals surface area contributed by atoms with Crippen molar-refractivity contribution in [3.05, 3.63) is 11.5 Å². The summed E-state index contributed by atoms with van der Waals surface area (Å²) in [6.45, 7) is 0.911. The van der Waals surface area contributed by atoms with E-state index in [1.807, 2.05) is 0 Å². The van der Waals surface area contributed by atoms with E-state index in [0.29, 0.717) is 16.7 Å². The van der Waals surface area contributed by atoms with Crippen molar-refractivity contribution in [2.45, 2.75) is 38.5 Å². The van der Waals surface area contributed by atoms with Crippen LogP contribution in [0.3, 0.4) is 0 Å². The van der Waals surface area contributed by atoms with E-state index < -0.39 is 0 Å². The molecule has 0 amide bonds. The van der Waals surface area contributed by atoms with Gasteiger partial charge in [0.1, 0.15) is 6.33 Å². The van der Waals surface area contributed by atoms with Crippen molar-refractivity contribution in [2.75, 3.05) is 19.0 Å². The van der Waals surface area contributed by atoms with Crippen LogP contribution in [0.15, 0.2) is 6.33 Å². The van der Waals surface area contributed by atoms with Crippen LogP contribution in [0.5, 0.6) is 5.75 Å². The summed E-state index contributed by atoms with van der Waals surface area (Å²) in [6, 6.07) is 0. The van der Waals surface area contributed by atoms with Gasteiger partial charge in [-0.3, -0.25) is 0 Å². The minimum absolute atomic E-state index is 0.354. The van der Waals surface area contributed by atoms with Gasteiger partial charge in [-0.2, -0.15) is 0 Å². The molecule has 1 aromatic heterocycles. The fourth-order valence-corrected chi connectivity index (χ4v) is 2.74. The number of hydrogen-bond donors (Lipinski definition) is 1. The van der Waals surface area contributed by atoms with Crippen LogP contribution in [-0.4, -0.2) is 23.6 Å². The Balaban J connectivity index is 1.84. The summed E-state index contributed by atoms with van der Waals surface area (Å²) >= 11 is 5.94. The predicted molar refractivity (Wildman–Crippen MR) is 73.3 cm³/mol. The van der Waals surface area contributed by atoms with Gasteiger partial charge >= 0.3 is 0 Å². The maximum Gasteiger partial charge on any atom is 0.198 e. The fourth-order valence-electron chi connectivity index (χ4n) is 2.53. The molecule has 5 heteroatoms. The van der Waals surface area contributed by atoms with E-state index in [1.165, 1.54) is 44.9 Å². The van der Waals surface area contributed by atoms with Crippen molar-refractivity contribution >= 4 is 17.4 Å². The molecular formula is C13H20ClN3O. The summed E-state index contributed by atoms with van der Waals surface area (Å²) in [6.07, 6.45) is 9.53. The van der Waals surface area contributed by atoms with Crippen molar-refractivity contribution in [2.24, 2.45) is 5.92 Å². The maximum absolute atomic E-state index is 5.94. The Morgan fingerprint density at radius 2 is 2.11 bits per heavy atom. The Morgan fingerprint density at radius 1 is 1.33 bits per heavy atom. The number of methoxy groups -OCH3 is 1. The highest BCUT2D eigenvalue weighted by atomic mass is 35.5. The zero-order valence-corrected chi connectivity index (χ0v) is 11.5. The first-order chi connectivity index (χ1) is 8.81. The molecule has 1 aliphatic rings. The first kappa shape index (κ1) is 13.4. The van der Waals surface area contributed by atoms with Crippen LogP contribution < -0.4 is 10.1 Å². The Hall–Kier alpha value is -1.03. The van der Waals surface area contributed by atoms with Gasteiger partial charge in [0.05, 0.1) is 7.11 Å². The van der Waals surface area contributed by atoms with E-state index in [0.717, 1.165) is 12.5 Å². The molecule has 1 fully saturated rings. The third kappa shape index (κ3) is 3.48. The fraction of sp³-hybridized carbons (Fsp3) is 0.692. The van der Waals surface area contributed by atoms with Crippen molar-refractivity contribution in [1.29, 1.82) is 0 Å². The van der Waals surface area contributed by atoms with Gasteiger partial charge in [0, 0.05) is 6.54 Å². The molecule has 1 aliphatic carbocycles. The largest absolute Gasteiger partial charge is 0.490 e. The highest BCUT2D eigenvalue weighted by molar-refractivity contribution is 6.31. The topological polar surface area (TPSA) is 47.0 Å². The summed E-state index contributed by atoms with van der Waals surface area (Å²) in [5.74, 6) is 2.07. The van der Waals surface area contributed by atoms with Crippen LogP contribution in [-0.2, 0) is 0 Å². The summed E-state index contributed by atoms with van der Waals surface area (Å²) in [4.78, 5) is 8.06. The van der Waals surface area contributed by atoms with Crippen LogP contribution in [0.1, 0.15) is 38.5 Å². The third-order valence-corrected chi connectivity index (χ3v) is 3.80. The zero-order valence-electron chi connectivity index (χ0n) is 10.8. The average Bonchev–Trinajstić information content (AvgIpc) is 2.40. The molecule has 1 aromatic rings. The molecule has 18 heavy (non-hydrogen) atoms. The lowest BCUT2D eigenvalue weighted by Gasteiger charge is -2.21. The van der Waals surface area contributed by atoms with Gasteiger partial charge in [-0.25, -0.2) is 9.97 Å². The van der Waals surface area contributed by atoms with E-state index in [9.17, 15) is 0 Å². The molecule has 0 bridgehead atoms. The van der Waals surface area contributed by atoms with Crippen LogP contribution in [0.2, 0.25) is 5.15 Å². The van der Waals surface area contributed by atoms with Crippen molar-refractivity contribution in [1.82, 2.24) is 9.97 Å². The number of rotatable bonds is 5. The highest BCUT2D eigenvalue weighted by Gasteiger charge is 2.14. The Kier molecular flexibility index (Phi) is 5.05. The van der Waals surface area contributed by atoms with Crippen molar-refractivity contribution in [3.8, 4) is 5.75 Å². The molecule has 1 N–H and O–H groups in total. The number of ether oxygens (including phenoxy) is 1. The lowest BCUT2D eigenvalue weighted by Crippen LogP contribution is -2.13. The monoisotopic (exact) mass is 269 g/mol. The standard InChI is InChI=1S/C13H20ClN3O/c1-18-11-12(14)16-9-17-13(11)15-8-7-10-5-3-2-4-6-10/h9-10H,2-8H2,1H3,(H,15,16,17). The lowest BCUT2D eigenvalue weighted by atomic mass is 9.87. The van der Waals surface area contributed by atoms with Gasteiger partial charge in [-0.05, 0) is 12.3 Å². The van der Waals surface area contributed by atoms with Gasteiger partial charge in [-0.15, -0.1) is 0 Å². The molecule has 0 atom stereocenters. The molecule has 0 aliphatic heterocycles. The molecule has 0 saturated heterocycles. The molecule has 0 radical (unpaired) electrons. The lowest BCUT2D eigenvalue weighted by molar-refractivity contribution is 0.345. The predicted octanol–water partition coefficient (Wildman–Crippen LogP) is 3.52. The summed E-state index contributed by atoms with van der Waals surface area (Å²) in [7, 11) is 1.58. The SMILES string of the molecule is COc1c(Cl)ncnc1NCCC1CCCCC1. The molecular weight excluding hydrogens is 250 g/mol. The van der Waals surface area contributed by atoms with E-state index in [1.54, 1.807) is 7.11 Å². The van der Waals surface area contributed by atoms with E-state index in [4.69, 9.17) is 16.3 Å². The number of nitrogens with one attached hydrogen (secondary N) is 1. The number of hydrogen-bond acceptors (Lipinski definition) is 4. The van der Waals surface area contributed by atoms with Gasteiger partial charge < -0.3 is 10.1 Å². The van der Waals surface area contributed by atoms with Gasteiger partial charge in [-0.1, -0.05) is 43.7 Å². The molecule has 0 spiro atoms. The molecule has 0 unspecified atom stereocenters. The second-order valence-corrected chi connectivity index (χ2v) is 5.12. The van der Waals surface area contributed by atoms with Gasteiger partial charge in [0.15, 0.2) is 16.7 Å². The summed E-state index contributed by atoms with van der Waals surface area (Å²) < 4.78 is 5.20. The number of aromatic nitrogens is 2. The van der Waals surface area contributed by atoms with Crippen LogP contribution in [0.25, 0.3) is 0 Å². The summed E-state index contributed by atoms with van der Waals surface area (Å²) in [5, 5.41) is 3.65. The molecule has 0 aromatic carbocycles. The zero-order chi connectivity index (χ0) is 12.8. The second kappa shape index (κ2) is 6.78. The first-order valence-corrected chi connectivity index (χ1v) is 6.97. The van der Waals surface area contributed by atoms with Crippen molar-refractivity contribution < 1.29 is 4.74 Å². The van der Waals surface area contributed by atoms with Crippen molar-refractivity contribution in [3.63, 3.8) is 0 Å². The van der Waals surface area contributed by atoms with E-state index in [-0.39, 0.29) is 0 Å². The maximum atomic E-state index is 5.94. The van der Waals surface area contributed by atoms with Crippen LogP contribution >= 0.6 is 11.6 Å². The van der Waals surface area contributed by atoms with E-state index >= 15 is 0 Å². The van der Waals surface area contributed by atoms with Crippen LogP contribution in [0, 0.1) is 5.92 Å². The van der Waals surface area contributed by atoms with Gasteiger partial charge in [0.25, 0.3) is 0 Å². The Bertz CT molecular complexity index is 380. The smallest absolute Gasteiger partial charge is 0.198 e. The Labute approximate surface area is 113 Å². The molecule has 1 saturated carbocycles. The number of anilines is 1. The normalized spacial score (nSPS) is 16.6. The first-order valence-electron chi connectivity index (χ1n) is 6.59. The molecule has 100 valence electrons. The molecule has 2 rings (SSSR count). The number of halogens is 1. The average molecular weight is 270 g/mol. The third-order valence-electron chi connectivity index (χ3n) is 3.53. The highest BCUT2D eigenvalue weighted by Crippen LogP contribution is 2.29. The summed E-state index contributed by atoms with van der Waals surface area (Å²) in [5.41, 5.74) is 0. The molecule has 1 heterocycles. The number of nitrogens with zero attached hydrogens (tertiary/aromatic N) is 2. The van der Waals surface area contributed by atoms with Crippen LogP contribution in [0.4, 0.5) is 5.82 Å². The molecule has 4 nitrogen and oxygen atoms in total. The Morgan fingerprint density at radius 3 is 2.83 bits per heavy atom. The minimum atomic E-state index is 0.354. The quantitative estimate of drug-likeness (QED) is 0.831. The minimum Gasteiger partial charge on any atom is -0.490 e. The second-order valence-electron chi connectivity index (χ2n) is 4.77. The van der Waals surface area contributed by atoms with Gasteiger partial charge in [0.2, 0.25) is 0 Å².